The van der Waals surface area contributed by atoms with Crippen LogP contribution in [0.4, 0.5) is 24.5 Å². The lowest BCUT2D eigenvalue weighted by molar-refractivity contribution is -0.137. The number of sulfonamides is 1. The van der Waals surface area contributed by atoms with Crippen molar-refractivity contribution in [2.45, 2.75) is 18.0 Å². The van der Waals surface area contributed by atoms with Crippen LogP contribution < -0.4 is 14.4 Å². The number of aryl methyl sites for hydroxylation is 1. The second kappa shape index (κ2) is 9.53. The fourth-order valence-corrected chi connectivity index (χ4v) is 4.71. The lowest BCUT2D eigenvalue weighted by Gasteiger charge is -2.25. The molecule has 0 aliphatic carbocycles. The molecular weight excluding hydrogens is 457 g/mol. The highest BCUT2D eigenvalue weighted by atomic mass is 32.2. The normalized spacial score (nSPS) is 11.7. The average molecular weight is 478 g/mol. The lowest BCUT2D eigenvalue weighted by Crippen LogP contribution is -2.38. The van der Waals surface area contributed by atoms with E-state index in [4.69, 9.17) is 4.74 Å². The Morgan fingerprint density at radius 3 is 2.24 bits per heavy atom. The summed E-state index contributed by atoms with van der Waals surface area (Å²) in [6.45, 7) is 0.940. The van der Waals surface area contributed by atoms with Crippen LogP contribution in [0.15, 0.2) is 77.7 Å². The van der Waals surface area contributed by atoms with Crippen LogP contribution in [-0.2, 0) is 21.0 Å². The maximum Gasteiger partial charge on any atom is 0.418 e. The third kappa shape index (κ3) is 5.46. The van der Waals surface area contributed by atoms with Crippen LogP contribution in [0.3, 0.4) is 0 Å². The molecule has 0 atom stereocenters. The van der Waals surface area contributed by atoms with Crippen molar-refractivity contribution in [2.24, 2.45) is 0 Å². The van der Waals surface area contributed by atoms with Gasteiger partial charge in [-0.05, 0) is 55.0 Å². The predicted octanol–water partition coefficient (Wildman–Crippen LogP) is 4.86. The molecule has 33 heavy (non-hydrogen) atoms. The monoisotopic (exact) mass is 478 g/mol. The minimum Gasteiger partial charge on any atom is -0.496 e. The van der Waals surface area contributed by atoms with Crippen LogP contribution in [-0.4, -0.2) is 28.0 Å². The van der Waals surface area contributed by atoms with Crippen LogP contribution in [0.5, 0.6) is 5.75 Å². The van der Waals surface area contributed by atoms with E-state index in [-0.39, 0.29) is 10.6 Å². The van der Waals surface area contributed by atoms with Crippen molar-refractivity contribution in [1.29, 1.82) is 0 Å². The second-order valence-electron chi connectivity index (χ2n) is 7.07. The van der Waals surface area contributed by atoms with Gasteiger partial charge in [0.25, 0.3) is 10.0 Å². The number of carbonyl (C=O) groups is 1. The van der Waals surface area contributed by atoms with Gasteiger partial charge < -0.3 is 10.1 Å². The van der Waals surface area contributed by atoms with Gasteiger partial charge in [-0.2, -0.15) is 13.2 Å². The standard InChI is InChI=1S/C23H21F3N2O4S/c1-16-14-18(12-13-21(16)32-2)33(30,31)28(17-8-4-3-5-9-17)15-22(29)27-20-11-7-6-10-19(20)23(24,25)26/h3-14H,15H2,1-2H3,(H,27,29). The number of carbonyl (C=O) groups excluding carboxylic acids is 1. The Morgan fingerprint density at radius 1 is 1.00 bits per heavy atom. The quantitative estimate of drug-likeness (QED) is 0.527. The van der Waals surface area contributed by atoms with E-state index >= 15 is 0 Å². The zero-order chi connectivity index (χ0) is 24.2. The van der Waals surface area contributed by atoms with Gasteiger partial charge in [0.1, 0.15) is 12.3 Å². The first kappa shape index (κ1) is 24.1. The second-order valence-corrected chi connectivity index (χ2v) is 8.93. The molecule has 174 valence electrons. The van der Waals surface area contributed by atoms with Gasteiger partial charge in [-0.3, -0.25) is 9.10 Å². The van der Waals surface area contributed by atoms with E-state index in [9.17, 15) is 26.4 Å². The SMILES string of the molecule is COc1ccc(S(=O)(=O)N(CC(=O)Nc2ccccc2C(F)(F)F)c2ccccc2)cc1C. The highest BCUT2D eigenvalue weighted by molar-refractivity contribution is 7.92. The van der Waals surface area contributed by atoms with Crippen molar-refractivity contribution in [2.75, 3.05) is 23.3 Å². The molecule has 0 aromatic heterocycles. The molecule has 0 radical (unpaired) electrons. The Balaban J connectivity index is 1.97. The third-order valence-electron chi connectivity index (χ3n) is 4.79. The summed E-state index contributed by atoms with van der Waals surface area (Å²) in [5, 5.41) is 2.19. The van der Waals surface area contributed by atoms with E-state index in [1.54, 1.807) is 25.1 Å². The number of ether oxygens (including phenoxy) is 1. The molecule has 0 fully saturated rings. The number of anilines is 2. The topological polar surface area (TPSA) is 75.7 Å². The molecule has 0 heterocycles. The number of amides is 1. The zero-order valence-corrected chi connectivity index (χ0v) is 18.6. The highest BCUT2D eigenvalue weighted by Crippen LogP contribution is 2.34. The minimum atomic E-state index is -4.68. The van der Waals surface area contributed by atoms with Crippen molar-refractivity contribution in [3.05, 3.63) is 83.9 Å². The maximum absolute atomic E-state index is 13.4. The summed E-state index contributed by atoms with van der Waals surface area (Å²) in [5.74, 6) is -0.439. The van der Waals surface area contributed by atoms with Crippen molar-refractivity contribution < 1.29 is 31.1 Å². The summed E-state index contributed by atoms with van der Waals surface area (Å²) in [4.78, 5) is 12.6. The van der Waals surface area contributed by atoms with Crippen molar-refractivity contribution in [3.8, 4) is 5.75 Å². The summed E-state index contributed by atoms with van der Waals surface area (Å²) < 4.78 is 72.7. The molecule has 0 bridgehead atoms. The van der Waals surface area contributed by atoms with Crippen LogP contribution in [0.25, 0.3) is 0 Å². The fraction of sp³-hybridized carbons (Fsp3) is 0.174. The number of methoxy groups -OCH3 is 1. The van der Waals surface area contributed by atoms with E-state index in [1.165, 1.54) is 49.6 Å². The van der Waals surface area contributed by atoms with Crippen LogP contribution in [0, 0.1) is 6.92 Å². The van der Waals surface area contributed by atoms with E-state index in [1.807, 2.05) is 0 Å². The molecule has 1 N–H and O–H groups in total. The van der Waals surface area contributed by atoms with Crippen LogP contribution >= 0.6 is 0 Å². The Kier molecular flexibility index (Phi) is 6.97. The number of benzene rings is 3. The molecule has 0 aliphatic heterocycles. The first-order chi connectivity index (χ1) is 15.5. The van der Waals surface area contributed by atoms with Gasteiger partial charge in [0.05, 0.1) is 28.9 Å². The number of alkyl halides is 3. The Hall–Kier alpha value is -3.53. The molecule has 0 spiro atoms. The molecule has 3 aromatic carbocycles. The summed E-state index contributed by atoms with van der Waals surface area (Å²) >= 11 is 0. The summed E-state index contributed by atoms with van der Waals surface area (Å²) in [7, 11) is -2.78. The van der Waals surface area contributed by atoms with E-state index < -0.39 is 39.9 Å². The van der Waals surface area contributed by atoms with E-state index in [0.29, 0.717) is 11.3 Å². The predicted molar refractivity (Wildman–Crippen MR) is 119 cm³/mol. The number of nitrogens with zero attached hydrogens (tertiary/aromatic N) is 1. The number of hydrogen-bond donors (Lipinski definition) is 1. The van der Waals surface area contributed by atoms with Crippen LogP contribution in [0.1, 0.15) is 11.1 Å². The van der Waals surface area contributed by atoms with Gasteiger partial charge >= 0.3 is 6.18 Å². The van der Waals surface area contributed by atoms with Crippen LogP contribution in [0.2, 0.25) is 0 Å². The highest BCUT2D eigenvalue weighted by Gasteiger charge is 2.34. The average Bonchev–Trinajstić information content (AvgIpc) is 2.77. The number of para-hydroxylation sites is 2. The summed E-state index contributed by atoms with van der Waals surface area (Å²) in [5.41, 5.74) is -0.737. The van der Waals surface area contributed by atoms with Gasteiger partial charge in [-0.1, -0.05) is 30.3 Å². The van der Waals surface area contributed by atoms with Gasteiger partial charge in [-0.25, -0.2) is 8.42 Å². The van der Waals surface area contributed by atoms with Gasteiger partial charge in [0, 0.05) is 0 Å². The van der Waals surface area contributed by atoms with Gasteiger partial charge in [0.2, 0.25) is 5.91 Å². The molecule has 10 heteroatoms. The van der Waals surface area contributed by atoms with Crippen molar-refractivity contribution in [1.82, 2.24) is 0 Å². The molecule has 0 aliphatic rings. The number of rotatable bonds is 7. The lowest BCUT2D eigenvalue weighted by atomic mass is 10.1. The molecule has 3 aromatic rings. The number of halogens is 3. The smallest absolute Gasteiger partial charge is 0.418 e. The van der Waals surface area contributed by atoms with Gasteiger partial charge in [0.15, 0.2) is 0 Å². The van der Waals surface area contributed by atoms with Gasteiger partial charge in [-0.15, -0.1) is 0 Å². The minimum absolute atomic E-state index is 0.0897. The molecular formula is C23H21F3N2O4S. The third-order valence-corrected chi connectivity index (χ3v) is 6.56. The Bertz CT molecular complexity index is 1250. The fourth-order valence-electron chi connectivity index (χ4n) is 3.21. The zero-order valence-electron chi connectivity index (χ0n) is 17.8. The molecule has 1 amide bonds. The summed E-state index contributed by atoms with van der Waals surface area (Å²) in [6, 6.07) is 16.6. The number of nitrogens with one attached hydrogen (secondary N) is 1. The van der Waals surface area contributed by atoms with Crippen molar-refractivity contribution in [3.63, 3.8) is 0 Å². The van der Waals surface area contributed by atoms with Crippen molar-refractivity contribution >= 4 is 27.3 Å². The Labute approximate surface area is 189 Å². The van der Waals surface area contributed by atoms with E-state index in [2.05, 4.69) is 5.32 Å². The molecule has 6 nitrogen and oxygen atoms in total. The Morgan fingerprint density at radius 2 is 1.64 bits per heavy atom. The first-order valence-corrected chi connectivity index (χ1v) is 11.2. The largest absolute Gasteiger partial charge is 0.496 e. The molecule has 0 saturated carbocycles. The first-order valence-electron chi connectivity index (χ1n) is 9.72. The molecule has 0 unspecified atom stereocenters. The summed E-state index contributed by atoms with van der Waals surface area (Å²) in [6.07, 6.45) is -4.68. The maximum atomic E-state index is 13.4. The van der Waals surface area contributed by atoms with E-state index in [0.717, 1.165) is 16.4 Å². The molecule has 0 saturated heterocycles. The number of hydrogen-bond acceptors (Lipinski definition) is 4. The molecule has 3 rings (SSSR count).